The molecule has 0 unspecified atom stereocenters. The standard InChI is InChI=1S/C14H15N3OS/c18-13(16-11-1-2-11)4-3-12-9-19-14(17-12)10-5-7-15-8-6-10/h5-9,11H,1-4H2,(H,16,18). The van der Waals surface area contributed by atoms with E-state index in [9.17, 15) is 4.79 Å². The van der Waals surface area contributed by atoms with Crippen molar-refractivity contribution < 1.29 is 4.79 Å². The molecule has 19 heavy (non-hydrogen) atoms. The van der Waals surface area contributed by atoms with Crippen molar-refractivity contribution in [3.8, 4) is 10.6 Å². The number of aromatic nitrogens is 2. The topological polar surface area (TPSA) is 54.9 Å². The van der Waals surface area contributed by atoms with Crippen LogP contribution in [0.15, 0.2) is 29.9 Å². The second kappa shape index (κ2) is 5.48. The first-order chi connectivity index (χ1) is 9.31. The number of thiazole rings is 1. The highest BCUT2D eigenvalue weighted by molar-refractivity contribution is 7.13. The zero-order valence-corrected chi connectivity index (χ0v) is 11.3. The molecule has 3 rings (SSSR count). The van der Waals surface area contributed by atoms with Crippen LogP contribution in [0.25, 0.3) is 10.6 Å². The number of aryl methyl sites for hydroxylation is 1. The molecule has 1 amide bonds. The molecule has 98 valence electrons. The number of hydrogen-bond acceptors (Lipinski definition) is 4. The summed E-state index contributed by atoms with van der Waals surface area (Å²) >= 11 is 1.61. The predicted octanol–water partition coefficient (Wildman–Crippen LogP) is 2.42. The average Bonchev–Trinajstić information content (AvgIpc) is 3.12. The van der Waals surface area contributed by atoms with Crippen LogP contribution in [-0.4, -0.2) is 21.9 Å². The lowest BCUT2D eigenvalue weighted by atomic mass is 10.2. The molecule has 2 heterocycles. The summed E-state index contributed by atoms with van der Waals surface area (Å²) in [7, 11) is 0. The van der Waals surface area contributed by atoms with Gasteiger partial charge in [-0.05, 0) is 31.4 Å². The van der Waals surface area contributed by atoms with Gasteiger partial charge in [0.15, 0.2) is 0 Å². The van der Waals surface area contributed by atoms with E-state index in [1.165, 1.54) is 0 Å². The maximum Gasteiger partial charge on any atom is 0.220 e. The molecule has 0 spiro atoms. The predicted molar refractivity (Wildman–Crippen MR) is 74.8 cm³/mol. The van der Waals surface area contributed by atoms with E-state index < -0.39 is 0 Å². The van der Waals surface area contributed by atoms with Crippen LogP contribution >= 0.6 is 11.3 Å². The van der Waals surface area contributed by atoms with Gasteiger partial charge in [0.2, 0.25) is 5.91 Å². The molecule has 2 aromatic rings. The van der Waals surface area contributed by atoms with E-state index in [4.69, 9.17) is 0 Å². The minimum Gasteiger partial charge on any atom is -0.353 e. The Bertz CT molecular complexity index is 563. The highest BCUT2D eigenvalue weighted by atomic mass is 32.1. The number of rotatable bonds is 5. The lowest BCUT2D eigenvalue weighted by molar-refractivity contribution is -0.121. The van der Waals surface area contributed by atoms with Crippen molar-refractivity contribution in [2.75, 3.05) is 0 Å². The fourth-order valence-corrected chi connectivity index (χ4v) is 2.68. The monoisotopic (exact) mass is 273 g/mol. The van der Waals surface area contributed by atoms with Gasteiger partial charge in [-0.15, -0.1) is 11.3 Å². The van der Waals surface area contributed by atoms with Gasteiger partial charge < -0.3 is 5.32 Å². The number of amides is 1. The Morgan fingerprint density at radius 2 is 2.16 bits per heavy atom. The molecule has 2 aromatic heterocycles. The second-order valence-electron chi connectivity index (χ2n) is 4.72. The number of carbonyl (C=O) groups is 1. The molecule has 0 aromatic carbocycles. The second-order valence-corrected chi connectivity index (χ2v) is 5.58. The molecular weight excluding hydrogens is 258 g/mol. The fraction of sp³-hybridized carbons (Fsp3) is 0.357. The smallest absolute Gasteiger partial charge is 0.220 e. The van der Waals surface area contributed by atoms with Crippen molar-refractivity contribution in [2.24, 2.45) is 0 Å². The van der Waals surface area contributed by atoms with Crippen molar-refractivity contribution in [1.82, 2.24) is 15.3 Å². The van der Waals surface area contributed by atoms with E-state index >= 15 is 0 Å². The van der Waals surface area contributed by atoms with E-state index in [1.54, 1.807) is 23.7 Å². The number of carbonyl (C=O) groups excluding carboxylic acids is 1. The molecule has 1 aliphatic carbocycles. The SMILES string of the molecule is O=C(CCc1csc(-c2ccncc2)n1)NC1CC1. The Hall–Kier alpha value is -1.75. The van der Waals surface area contributed by atoms with Gasteiger partial charge >= 0.3 is 0 Å². The average molecular weight is 273 g/mol. The van der Waals surface area contributed by atoms with Gasteiger partial charge in [0, 0.05) is 35.8 Å². The first kappa shape index (κ1) is 12.3. The Morgan fingerprint density at radius 1 is 1.37 bits per heavy atom. The Labute approximate surface area is 115 Å². The van der Waals surface area contributed by atoms with Crippen LogP contribution in [0.1, 0.15) is 25.0 Å². The zero-order valence-electron chi connectivity index (χ0n) is 10.5. The lowest BCUT2D eigenvalue weighted by Crippen LogP contribution is -2.25. The van der Waals surface area contributed by atoms with Gasteiger partial charge in [0.1, 0.15) is 5.01 Å². The lowest BCUT2D eigenvalue weighted by Gasteiger charge is -2.01. The molecule has 0 saturated heterocycles. The van der Waals surface area contributed by atoms with E-state index in [-0.39, 0.29) is 5.91 Å². The van der Waals surface area contributed by atoms with Crippen LogP contribution < -0.4 is 5.32 Å². The summed E-state index contributed by atoms with van der Waals surface area (Å²) < 4.78 is 0. The molecule has 0 aliphatic heterocycles. The molecule has 5 heteroatoms. The normalized spacial score (nSPS) is 14.3. The third-order valence-electron chi connectivity index (χ3n) is 3.03. The number of pyridine rings is 1. The van der Waals surface area contributed by atoms with Crippen LogP contribution in [0.3, 0.4) is 0 Å². The molecule has 0 radical (unpaired) electrons. The Morgan fingerprint density at radius 3 is 2.89 bits per heavy atom. The quantitative estimate of drug-likeness (QED) is 0.910. The summed E-state index contributed by atoms with van der Waals surface area (Å²) in [5.41, 5.74) is 2.07. The number of hydrogen-bond donors (Lipinski definition) is 1. The van der Waals surface area contributed by atoms with Gasteiger partial charge in [-0.2, -0.15) is 0 Å². The molecule has 0 bridgehead atoms. The molecule has 1 fully saturated rings. The molecular formula is C14H15N3OS. The highest BCUT2D eigenvalue weighted by Crippen LogP contribution is 2.23. The summed E-state index contributed by atoms with van der Waals surface area (Å²) in [5.74, 6) is 0.140. The molecule has 1 saturated carbocycles. The minimum absolute atomic E-state index is 0.140. The van der Waals surface area contributed by atoms with Gasteiger partial charge in [-0.25, -0.2) is 4.98 Å². The van der Waals surface area contributed by atoms with Crippen molar-refractivity contribution in [1.29, 1.82) is 0 Å². The summed E-state index contributed by atoms with van der Waals surface area (Å²) in [6.45, 7) is 0. The minimum atomic E-state index is 0.140. The van der Waals surface area contributed by atoms with Crippen LogP contribution in [0.2, 0.25) is 0 Å². The largest absolute Gasteiger partial charge is 0.353 e. The van der Waals surface area contributed by atoms with Crippen LogP contribution in [-0.2, 0) is 11.2 Å². The molecule has 1 aliphatic rings. The van der Waals surface area contributed by atoms with E-state index in [1.807, 2.05) is 17.5 Å². The van der Waals surface area contributed by atoms with Crippen LogP contribution in [0.4, 0.5) is 0 Å². The first-order valence-electron chi connectivity index (χ1n) is 6.45. The van der Waals surface area contributed by atoms with E-state index in [2.05, 4.69) is 15.3 Å². The van der Waals surface area contributed by atoms with Crippen molar-refractivity contribution >= 4 is 17.2 Å². The zero-order chi connectivity index (χ0) is 13.1. The number of nitrogens with zero attached hydrogens (tertiary/aromatic N) is 2. The van der Waals surface area contributed by atoms with Crippen LogP contribution in [0.5, 0.6) is 0 Å². The van der Waals surface area contributed by atoms with E-state index in [0.29, 0.717) is 18.9 Å². The Kier molecular flexibility index (Phi) is 3.55. The maximum absolute atomic E-state index is 11.6. The molecule has 0 atom stereocenters. The van der Waals surface area contributed by atoms with Gasteiger partial charge in [0.25, 0.3) is 0 Å². The van der Waals surface area contributed by atoms with E-state index in [0.717, 1.165) is 29.1 Å². The number of nitrogens with one attached hydrogen (secondary N) is 1. The summed E-state index contributed by atoms with van der Waals surface area (Å²) in [4.78, 5) is 20.2. The summed E-state index contributed by atoms with van der Waals surface area (Å²) in [5, 5.41) is 6.01. The third-order valence-corrected chi connectivity index (χ3v) is 3.97. The van der Waals surface area contributed by atoms with Crippen molar-refractivity contribution in [3.63, 3.8) is 0 Å². The Balaban J connectivity index is 1.57. The summed E-state index contributed by atoms with van der Waals surface area (Å²) in [6, 6.07) is 4.33. The third kappa shape index (κ3) is 3.38. The molecule has 1 N–H and O–H groups in total. The van der Waals surface area contributed by atoms with Gasteiger partial charge in [-0.1, -0.05) is 0 Å². The fourth-order valence-electron chi connectivity index (χ4n) is 1.82. The maximum atomic E-state index is 11.6. The van der Waals surface area contributed by atoms with Gasteiger partial charge in [-0.3, -0.25) is 9.78 Å². The van der Waals surface area contributed by atoms with Gasteiger partial charge in [0.05, 0.1) is 5.69 Å². The molecule has 4 nitrogen and oxygen atoms in total. The van der Waals surface area contributed by atoms with Crippen molar-refractivity contribution in [2.45, 2.75) is 31.7 Å². The van der Waals surface area contributed by atoms with Crippen molar-refractivity contribution in [3.05, 3.63) is 35.6 Å². The summed E-state index contributed by atoms with van der Waals surface area (Å²) in [6.07, 6.45) is 7.03. The van der Waals surface area contributed by atoms with Crippen LogP contribution in [0, 0.1) is 0 Å². The highest BCUT2D eigenvalue weighted by Gasteiger charge is 2.22. The first-order valence-corrected chi connectivity index (χ1v) is 7.33.